The zero-order valence-electron chi connectivity index (χ0n) is 7.03. The van der Waals surface area contributed by atoms with Crippen LogP contribution in [0.2, 0.25) is 0 Å². The molecule has 0 fully saturated rings. The molecule has 1 nitrogen and oxygen atoms in total. The van der Waals surface area contributed by atoms with E-state index in [4.69, 9.17) is 0 Å². The van der Waals surface area contributed by atoms with Crippen LogP contribution in [0.25, 0.3) is 0 Å². The normalized spacial score (nSPS) is 9.82. The van der Waals surface area contributed by atoms with Crippen molar-refractivity contribution in [1.82, 2.24) is 0 Å². The van der Waals surface area contributed by atoms with Crippen molar-refractivity contribution in [3.63, 3.8) is 0 Å². The van der Waals surface area contributed by atoms with Crippen LogP contribution in [0.5, 0.6) is 0 Å². The molecule has 0 spiro atoms. The van der Waals surface area contributed by atoms with E-state index in [1.165, 1.54) is 16.8 Å². The molecule has 0 aliphatic heterocycles. The smallest absolute Gasteiger partial charge is 0.0514 e. The van der Waals surface area contributed by atoms with Crippen molar-refractivity contribution in [2.75, 3.05) is 12.4 Å². The first-order valence-corrected chi connectivity index (χ1v) is 4.39. The van der Waals surface area contributed by atoms with Gasteiger partial charge in [0.05, 0.1) is 5.69 Å². The molecule has 0 aromatic heterocycles. The van der Waals surface area contributed by atoms with Crippen molar-refractivity contribution in [3.05, 3.63) is 27.7 Å². The van der Waals surface area contributed by atoms with Crippen LogP contribution < -0.4 is 5.32 Å². The Bertz CT molecular complexity index is 269. The molecule has 1 aromatic rings. The fourth-order valence-electron chi connectivity index (χ4n) is 1.09. The number of nitrogens with one attached hydrogen (secondary N) is 1. The molecule has 0 heterocycles. The van der Waals surface area contributed by atoms with Crippen molar-refractivity contribution >= 4 is 21.6 Å². The lowest BCUT2D eigenvalue weighted by Crippen LogP contribution is -1.94. The van der Waals surface area contributed by atoms with E-state index >= 15 is 0 Å². The molecule has 0 saturated carbocycles. The van der Waals surface area contributed by atoms with Gasteiger partial charge in [-0.1, -0.05) is 6.07 Å². The summed E-state index contributed by atoms with van der Waals surface area (Å²) in [4.78, 5) is 0. The molecule has 0 aliphatic carbocycles. The van der Waals surface area contributed by atoms with Gasteiger partial charge in [0.25, 0.3) is 0 Å². The van der Waals surface area contributed by atoms with E-state index in [9.17, 15) is 0 Å². The summed E-state index contributed by atoms with van der Waals surface area (Å²) in [6, 6.07) is 4.18. The third kappa shape index (κ3) is 1.56. The van der Waals surface area contributed by atoms with Crippen LogP contribution in [0.15, 0.2) is 16.6 Å². The Morgan fingerprint density at radius 2 is 1.91 bits per heavy atom. The Hall–Kier alpha value is -0.500. The summed E-state index contributed by atoms with van der Waals surface area (Å²) in [6.45, 7) is 4.23. The van der Waals surface area contributed by atoms with Gasteiger partial charge in [-0.25, -0.2) is 0 Å². The Morgan fingerprint density at radius 1 is 1.27 bits per heavy atom. The molecule has 0 amide bonds. The van der Waals surface area contributed by atoms with Crippen molar-refractivity contribution in [3.8, 4) is 0 Å². The molecule has 0 bridgehead atoms. The van der Waals surface area contributed by atoms with E-state index in [1.807, 2.05) is 7.05 Å². The van der Waals surface area contributed by atoms with Gasteiger partial charge in [-0.15, -0.1) is 0 Å². The summed E-state index contributed by atoms with van der Waals surface area (Å²) in [5, 5.41) is 3.16. The number of halogens is 1. The third-order valence-corrected chi connectivity index (χ3v) is 2.60. The molecule has 11 heavy (non-hydrogen) atoms. The van der Waals surface area contributed by atoms with Gasteiger partial charge in [0, 0.05) is 11.5 Å². The molecule has 1 aromatic carbocycles. The molecule has 0 aliphatic rings. The first-order valence-electron chi connectivity index (χ1n) is 3.60. The monoisotopic (exact) mass is 213 g/mol. The second kappa shape index (κ2) is 3.26. The molecular weight excluding hydrogens is 202 g/mol. The number of anilines is 1. The average Bonchev–Trinajstić information content (AvgIpc) is 1.99. The summed E-state index contributed by atoms with van der Waals surface area (Å²) in [7, 11) is 1.94. The van der Waals surface area contributed by atoms with Gasteiger partial charge in [0.1, 0.15) is 0 Å². The fraction of sp³-hybridized carbons (Fsp3) is 0.333. The average molecular weight is 214 g/mol. The minimum absolute atomic E-state index is 1.13. The zero-order valence-corrected chi connectivity index (χ0v) is 8.62. The maximum absolute atomic E-state index is 3.48. The molecule has 60 valence electrons. The van der Waals surface area contributed by atoms with Crippen molar-refractivity contribution in [2.24, 2.45) is 0 Å². The molecule has 0 unspecified atom stereocenters. The third-order valence-electron chi connectivity index (χ3n) is 1.93. The Balaban J connectivity index is 3.29. The molecule has 2 heteroatoms. The Labute approximate surface area is 75.9 Å². The van der Waals surface area contributed by atoms with Gasteiger partial charge in [-0.2, -0.15) is 0 Å². The van der Waals surface area contributed by atoms with Gasteiger partial charge in [-0.05, 0) is 47.0 Å². The SMILES string of the molecule is CNc1c(Br)ccc(C)c1C. The standard InChI is InChI=1S/C9H12BrN/c1-6-4-5-8(10)9(11-3)7(6)2/h4-5,11H,1-3H3. The lowest BCUT2D eigenvalue weighted by Gasteiger charge is -2.09. The second-order valence-electron chi connectivity index (χ2n) is 2.61. The quantitative estimate of drug-likeness (QED) is 0.757. The zero-order chi connectivity index (χ0) is 8.43. The number of benzene rings is 1. The van der Waals surface area contributed by atoms with Crippen LogP contribution >= 0.6 is 15.9 Å². The number of aryl methyl sites for hydroxylation is 1. The van der Waals surface area contributed by atoms with Crippen LogP contribution in [0.1, 0.15) is 11.1 Å². The molecule has 1 rings (SSSR count). The van der Waals surface area contributed by atoms with Gasteiger partial charge < -0.3 is 5.32 Å². The highest BCUT2D eigenvalue weighted by Crippen LogP contribution is 2.27. The van der Waals surface area contributed by atoms with Gasteiger partial charge in [0.2, 0.25) is 0 Å². The van der Waals surface area contributed by atoms with Crippen LogP contribution in [0.4, 0.5) is 5.69 Å². The van der Waals surface area contributed by atoms with Crippen LogP contribution in [0, 0.1) is 13.8 Å². The number of hydrogen-bond donors (Lipinski definition) is 1. The summed E-state index contributed by atoms with van der Waals surface area (Å²) < 4.78 is 1.13. The minimum atomic E-state index is 1.13. The van der Waals surface area contributed by atoms with Crippen molar-refractivity contribution in [1.29, 1.82) is 0 Å². The van der Waals surface area contributed by atoms with Crippen molar-refractivity contribution in [2.45, 2.75) is 13.8 Å². The summed E-state index contributed by atoms with van der Waals surface area (Å²) in [5.74, 6) is 0. The lowest BCUT2D eigenvalue weighted by atomic mass is 10.1. The highest BCUT2D eigenvalue weighted by molar-refractivity contribution is 9.10. The minimum Gasteiger partial charge on any atom is -0.387 e. The highest BCUT2D eigenvalue weighted by Gasteiger charge is 2.02. The largest absolute Gasteiger partial charge is 0.387 e. The van der Waals surface area contributed by atoms with Crippen LogP contribution in [-0.4, -0.2) is 7.05 Å². The van der Waals surface area contributed by atoms with E-state index < -0.39 is 0 Å². The van der Waals surface area contributed by atoms with Crippen LogP contribution in [0.3, 0.4) is 0 Å². The Morgan fingerprint density at radius 3 is 2.36 bits per heavy atom. The summed E-state index contributed by atoms with van der Waals surface area (Å²) in [5.41, 5.74) is 3.81. The molecule has 0 atom stereocenters. The van der Waals surface area contributed by atoms with E-state index in [-0.39, 0.29) is 0 Å². The first kappa shape index (κ1) is 8.60. The molecule has 0 radical (unpaired) electrons. The fourth-order valence-corrected chi connectivity index (χ4v) is 1.72. The number of rotatable bonds is 1. The second-order valence-corrected chi connectivity index (χ2v) is 3.47. The molecule has 0 saturated heterocycles. The number of hydrogen-bond acceptors (Lipinski definition) is 1. The highest BCUT2D eigenvalue weighted by atomic mass is 79.9. The van der Waals surface area contributed by atoms with E-state index in [0.717, 1.165) is 4.47 Å². The lowest BCUT2D eigenvalue weighted by molar-refractivity contribution is 1.30. The summed E-state index contributed by atoms with van der Waals surface area (Å²) >= 11 is 3.48. The predicted molar refractivity (Wildman–Crippen MR) is 53.2 cm³/mol. The van der Waals surface area contributed by atoms with E-state index in [0.29, 0.717) is 0 Å². The molecule has 1 N–H and O–H groups in total. The molecular formula is C9H12BrN. The van der Waals surface area contributed by atoms with E-state index in [2.05, 4.69) is 47.2 Å². The van der Waals surface area contributed by atoms with Gasteiger partial charge in [-0.3, -0.25) is 0 Å². The van der Waals surface area contributed by atoms with Crippen molar-refractivity contribution < 1.29 is 0 Å². The van der Waals surface area contributed by atoms with E-state index in [1.54, 1.807) is 0 Å². The first-order chi connectivity index (χ1) is 5.16. The van der Waals surface area contributed by atoms with Crippen LogP contribution in [-0.2, 0) is 0 Å². The maximum Gasteiger partial charge on any atom is 0.0514 e. The maximum atomic E-state index is 3.48. The summed E-state index contributed by atoms with van der Waals surface area (Å²) in [6.07, 6.45) is 0. The van der Waals surface area contributed by atoms with Gasteiger partial charge >= 0.3 is 0 Å². The Kier molecular flexibility index (Phi) is 2.55. The predicted octanol–water partition coefficient (Wildman–Crippen LogP) is 3.11. The van der Waals surface area contributed by atoms with Gasteiger partial charge in [0.15, 0.2) is 0 Å². The topological polar surface area (TPSA) is 12.0 Å².